The summed E-state index contributed by atoms with van der Waals surface area (Å²) in [5, 5.41) is 25.6. The molecule has 0 saturated carbocycles. The van der Waals surface area contributed by atoms with Crippen LogP contribution in [0.25, 0.3) is 0 Å². The Balaban J connectivity index is 1.77. The van der Waals surface area contributed by atoms with E-state index in [-0.39, 0.29) is 6.42 Å². The Morgan fingerprint density at radius 1 is 0.872 bits per heavy atom. The molecule has 250 valence electrons. The van der Waals surface area contributed by atoms with Gasteiger partial charge in [-0.3, -0.25) is 14.4 Å². The van der Waals surface area contributed by atoms with E-state index in [1.165, 1.54) is 6.07 Å². The summed E-state index contributed by atoms with van der Waals surface area (Å²) in [7, 11) is 0. The van der Waals surface area contributed by atoms with Crippen LogP contribution >= 0.6 is 0 Å². The number of benzene rings is 2. The van der Waals surface area contributed by atoms with Crippen LogP contribution in [-0.4, -0.2) is 69.3 Å². The third kappa shape index (κ3) is 7.65. The van der Waals surface area contributed by atoms with Crippen LogP contribution in [0, 0.1) is 35.0 Å². The van der Waals surface area contributed by atoms with Crippen molar-refractivity contribution in [3.8, 4) is 5.75 Å². The fourth-order valence-corrected chi connectivity index (χ4v) is 4.82. The summed E-state index contributed by atoms with van der Waals surface area (Å²) in [6.45, 7) is 2.24. The SMILES string of the molecule is C[C@H]1OC(=O)C(Cc2ccccc2)OC(=O)[C@H](C)[C@H](O)[C@H](Cc2c(F)c(F)c(F)c(F)c2F)NC(=O)[C@H]1NC(=O)c1ncccc1O. The number of hydrogen-bond donors (Lipinski definition) is 4. The Morgan fingerprint density at radius 2 is 1.49 bits per heavy atom. The first kappa shape index (κ1) is 34.7. The summed E-state index contributed by atoms with van der Waals surface area (Å²) in [5.41, 5.74) is -1.46. The topological polar surface area (TPSA) is 164 Å². The molecule has 1 aliphatic heterocycles. The van der Waals surface area contributed by atoms with Gasteiger partial charge in [0.15, 0.2) is 29.0 Å². The molecule has 4 rings (SSSR count). The molecule has 2 amide bonds. The highest BCUT2D eigenvalue weighted by molar-refractivity contribution is 5.98. The number of carbonyl (C=O) groups is 4. The number of aliphatic hydroxyl groups excluding tert-OH is 1. The first-order valence-electron chi connectivity index (χ1n) is 14.1. The third-order valence-corrected chi connectivity index (χ3v) is 7.48. The number of ether oxygens (including phenoxy) is 2. The zero-order valence-corrected chi connectivity index (χ0v) is 24.7. The number of amides is 2. The number of pyridine rings is 1. The summed E-state index contributed by atoms with van der Waals surface area (Å²) < 4.78 is 81.9. The van der Waals surface area contributed by atoms with Crippen LogP contribution in [-0.2, 0) is 36.7 Å². The van der Waals surface area contributed by atoms with Crippen LogP contribution in [0.4, 0.5) is 22.0 Å². The van der Waals surface area contributed by atoms with Gasteiger partial charge in [0.2, 0.25) is 17.8 Å². The number of aromatic hydroxyl groups is 1. The number of esters is 2. The number of aliphatic hydroxyl groups is 1. The molecular formula is C31H28F5N3O8. The van der Waals surface area contributed by atoms with Gasteiger partial charge >= 0.3 is 11.9 Å². The fraction of sp³-hybridized carbons (Fsp3) is 0.323. The lowest BCUT2D eigenvalue weighted by Crippen LogP contribution is -2.59. The van der Waals surface area contributed by atoms with Gasteiger partial charge in [0.05, 0.1) is 18.1 Å². The van der Waals surface area contributed by atoms with Crippen LogP contribution in [0.3, 0.4) is 0 Å². The van der Waals surface area contributed by atoms with Crippen LogP contribution in [0.1, 0.15) is 35.5 Å². The molecule has 1 unspecified atom stereocenters. The summed E-state index contributed by atoms with van der Waals surface area (Å²) in [6, 6.07) is 6.78. The van der Waals surface area contributed by atoms with Gasteiger partial charge in [-0.15, -0.1) is 0 Å². The van der Waals surface area contributed by atoms with Crippen LogP contribution in [0.15, 0.2) is 48.7 Å². The second-order valence-corrected chi connectivity index (χ2v) is 10.7. The lowest BCUT2D eigenvalue weighted by Gasteiger charge is -2.33. The molecular weight excluding hydrogens is 637 g/mol. The minimum Gasteiger partial charge on any atom is -0.505 e. The molecule has 0 spiro atoms. The van der Waals surface area contributed by atoms with E-state index in [0.717, 1.165) is 26.1 Å². The number of cyclic esters (lactones) is 2. The molecule has 0 bridgehead atoms. The predicted octanol–water partition coefficient (Wildman–Crippen LogP) is 2.41. The average Bonchev–Trinajstić information content (AvgIpc) is 3.05. The van der Waals surface area contributed by atoms with E-state index < -0.39 is 113 Å². The Labute approximate surface area is 263 Å². The Bertz CT molecular complexity index is 1650. The highest BCUT2D eigenvalue weighted by atomic mass is 19.2. The van der Waals surface area contributed by atoms with Crippen LogP contribution < -0.4 is 10.6 Å². The maximum Gasteiger partial charge on any atom is 0.348 e. The fourth-order valence-electron chi connectivity index (χ4n) is 4.82. The molecule has 1 aromatic heterocycles. The zero-order valence-electron chi connectivity index (χ0n) is 24.7. The summed E-state index contributed by atoms with van der Waals surface area (Å²) in [5.74, 6) is -18.6. The molecule has 2 aromatic carbocycles. The van der Waals surface area contributed by atoms with Gasteiger partial charge in [0.1, 0.15) is 17.9 Å². The van der Waals surface area contributed by atoms with E-state index in [1.54, 1.807) is 30.3 Å². The first-order chi connectivity index (χ1) is 22.2. The molecule has 0 radical (unpaired) electrons. The number of carbonyl (C=O) groups excluding carboxylic acids is 4. The molecule has 6 atom stereocenters. The molecule has 16 heteroatoms. The predicted molar refractivity (Wildman–Crippen MR) is 150 cm³/mol. The molecule has 0 aliphatic carbocycles. The Kier molecular flexibility index (Phi) is 10.7. The normalized spacial score (nSPS) is 23.9. The quantitative estimate of drug-likeness (QED) is 0.134. The maximum absolute atomic E-state index is 14.7. The molecule has 3 aromatic rings. The van der Waals surface area contributed by atoms with E-state index >= 15 is 0 Å². The monoisotopic (exact) mass is 665 g/mol. The van der Waals surface area contributed by atoms with E-state index in [0.29, 0.717) is 5.56 Å². The van der Waals surface area contributed by atoms with Crippen molar-refractivity contribution in [1.82, 2.24) is 15.6 Å². The first-order valence-corrected chi connectivity index (χ1v) is 14.1. The zero-order chi connectivity index (χ0) is 34.6. The molecule has 4 N–H and O–H groups in total. The van der Waals surface area contributed by atoms with Crippen molar-refractivity contribution >= 4 is 23.8 Å². The van der Waals surface area contributed by atoms with Crippen molar-refractivity contribution in [2.24, 2.45) is 5.92 Å². The van der Waals surface area contributed by atoms with Crippen molar-refractivity contribution in [3.05, 3.63) is 94.6 Å². The van der Waals surface area contributed by atoms with Crippen LogP contribution in [0.2, 0.25) is 0 Å². The van der Waals surface area contributed by atoms with Gasteiger partial charge in [-0.25, -0.2) is 31.7 Å². The lowest BCUT2D eigenvalue weighted by molar-refractivity contribution is -0.177. The molecule has 47 heavy (non-hydrogen) atoms. The average molecular weight is 666 g/mol. The number of halogens is 5. The van der Waals surface area contributed by atoms with Gasteiger partial charge in [-0.1, -0.05) is 30.3 Å². The summed E-state index contributed by atoms with van der Waals surface area (Å²) in [6.07, 6.45) is -5.67. The van der Waals surface area contributed by atoms with Crippen molar-refractivity contribution < 1.29 is 60.8 Å². The highest BCUT2D eigenvalue weighted by Crippen LogP contribution is 2.26. The van der Waals surface area contributed by atoms with E-state index in [1.807, 2.05) is 0 Å². The van der Waals surface area contributed by atoms with Gasteiger partial charge in [-0.05, 0) is 31.5 Å². The van der Waals surface area contributed by atoms with Gasteiger partial charge in [-0.2, -0.15) is 0 Å². The molecule has 1 fully saturated rings. The van der Waals surface area contributed by atoms with E-state index in [9.17, 15) is 51.3 Å². The number of nitrogens with one attached hydrogen (secondary N) is 2. The van der Waals surface area contributed by atoms with E-state index in [4.69, 9.17) is 9.47 Å². The molecule has 1 saturated heterocycles. The number of hydrogen-bond acceptors (Lipinski definition) is 9. The number of aromatic nitrogens is 1. The smallest absolute Gasteiger partial charge is 0.348 e. The minimum atomic E-state index is -2.44. The third-order valence-electron chi connectivity index (χ3n) is 7.48. The Hall–Kier alpha value is -5.12. The summed E-state index contributed by atoms with van der Waals surface area (Å²) >= 11 is 0. The van der Waals surface area contributed by atoms with Crippen LogP contribution in [0.5, 0.6) is 5.75 Å². The second-order valence-electron chi connectivity index (χ2n) is 10.7. The van der Waals surface area contributed by atoms with Crippen molar-refractivity contribution in [2.45, 2.75) is 57.1 Å². The van der Waals surface area contributed by atoms with Gasteiger partial charge in [0.25, 0.3) is 5.91 Å². The molecule has 2 heterocycles. The highest BCUT2D eigenvalue weighted by Gasteiger charge is 2.41. The standard InChI is InChI=1S/C31H28F5N3O8/c1-13-27(41)17(12-16-20(32)22(34)24(36)23(35)21(16)33)38-28(42)25(39-29(43)26-18(40)9-6-10-37-26)14(2)46-31(45)19(47-30(13)44)11-15-7-4-3-5-8-15/h3-10,13-14,17,19,25,27,40-41H,11-12H2,1-2H3,(H,38,42)(H,39,43)/t13-,14-,17+,19?,25+,27+/m1/s1. The molecule has 11 nitrogen and oxygen atoms in total. The van der Waals surface area contributed by atoms with Gasteiger partial charge in [0, 0.05) is 24.6 Å². The molecule has 1 aliphatic rings. The van der Waals surface area contributed by atoms with Gasteiger partial charge < -0.3 is 30.3 Å². The second kappa shape index (κ2) is 14.5. The summed E-state index contributed by atoms with van der Waals surface area (Å²) in [4.78, 5) is 56.8. The number of nitrogens with zero attached hydrogens (tertiary/aromatic N) is 1. The Morgan fingerprint density at radius 3 is 2.11 bits per heavy atom. The minimum absolute atomic E-state index is 0.236. The number of rotatable bonds is 6. The lowest BCUT2D eigenvalue weighted by atomic mass is 9.91. The van der Waals surface area contributed by atoms with Crippen molar-refractivity contribution in [1.29, 1.82) is 0 Å². The van der Waals surface area contributed by atoms with Crippen molar-refractivity contribution in [2.75, 3.05) is 0 Å². The van der Waals surface area contributed by atoms with Crippen molar-refractivity contribution in [3.63, 3.8) is 0 Å². The maximum atomic E-state index is 14.7. The van der Waals surface area contributed by atoms with E-state index in [2.05, 4.69) is 15.6 Å². The largest absolute Gasteiger partial charge is 0.505 e.